The smallest absolute Gasteiger partial charge is 0.312 e. The molecule has 2 aromatic heterocycles. The molecular formula is C20H24N6O3. The van der Waals surface area contributed by atoms with Crippen molar-refractivity contribution in [3.8, 4) is 5.69 Å². The van der Waals surface area contributed by atoms with Crippen LogP contribution in [0, 0.1) is 37.8 Å². The fourth-order valence-electron chi connectivity index (χ4n) is 3.48. The van der Waals surface area contributed by atoms with Crippen LogP contribution in [0.15, 0.2) is 30.3 Å². The van der Waals surface area contributed by atoms with Crippen molar-refractivity contribution in [2.24, 2.45) is 0 Å². The van der Waals surface area contributed by atoms with E-state index < -0.39 is 11.0 Å². The number of rotatable bonds is 6. The van der Waals surface area contributed by atoms with Crippen molar-refractivity contribution >= 4 is 11.6 Å². The second kappa shape index (κ2) is 7.86. The van der Waals surface area contributed by atoms with Gasteiger partial charge in [-0.2, -0.15) is 10.2 Å². The highest BCUT2D eigenvalue weighted by molar-refractivity contribution is 5.80. The SMILES string of the molecule is Cc1nn(-c2ccccc2)c(C)c1CNC(=O)C(C)n1nc(C)c([N+](=O)[O-])c1C. The summed E-state index contributed by atoms with van der Waals surface area (Å²) in [6.45, 7) is 9.02. The summed E-state index contributed by atoms with van der Waals surface area (Å²) in [5.41, 5.74) is 4.27. The molecule has 0 fully saturated rings. The minimum Gasteiger partial charge on any atom is -0.350 e. The predicted octanol–water partition coefficient (Wildman–Crippen LogP) is 3.09. The highest BCUT2D eigenvalue weighted by Gasteiger charge is 2.27. The Morgan fingerprint density at radius 3 is 2.34 bits per heavy atom. The van der Waals surface area contributed by atoms with Crippen molar-refractivity contribution in [3.05, 3.63) is 68.8 Å². The van der Waals surface area contributed by atoms with Crippen LogP contribution in [0.5, 0.6) is 0 Å². The van der Waals surface area contributed by atoms with Gasteiger partial charge in [-0.1, -0.05) is 18.2 Å². The van der Waals surface area contributed by atoms with Crippen LogP contribution in [0.4, 0.5) is 5.69 Å². The lowest BCUT2D eigenvalue weighted by Gasteiger charge is -2.14. The Balaban J connectivity index is 1.77. The Morgan fingerprint density at radius 1 is 1.10 bits per heavy atom. The van der Waals surface area contributed by atoms with Gasteiger partial charge in [-0.15, -0.1) is 0 Å². The quantitative estimate of drug-likeness (QED) is 0.509. The van der Waals surface area contributed by atoms with E-state index in [1.54, 1.807) is 20.8 Å². The van der Waals surface area contributed by atoms with Crippen LogP contribution >= 0.6 is 0 Å². The summed E-state index contributed by atoms with van der Waals surface area (Å²) in [5, 5.41) is 22.9. The molecular weight excluding hydrogens is 372 g/mol. The number of hydrogen-bond acceptors (Lipinski definition) is 5. The van der Waals surface area contributed by atoms with Gasteiger partial charge >= 0.3 is 5.69 Å². The summed E-state index contributed by atoms with van der Waals surface area (Å²) in [7, 11) is 0. The van der Waals surface area contributed by atoms with Crippen LogP contribution in [0.1, 0.15) is 41.3 Å². The highest BCUT2D eigenvalue weighted by Crippen LogP contribution is 2.25. The van der Waals surface area contributed by atoms with Crippen molar-refractivity contribution in [3.63, 3.8) is 0 Å². The van der Waals surface area contributed by atoms with Crippen LogP contribution in [0.2, 0.25) is 0 Å². The van der Waals surface area contributed by atoms with E-state index in [2.05, 4.69) is 15.5 Å². The summed E-state index contributed by atoms with van der Waals surface area (Å²) in [5.74, 6) is -0.267. The van der Waals surface area contributed by atoms with Gasteiger partial charge < -0.3 is 5.32 Å². The molecule has 1 unspecified atom stereocenters. The number of hydrogen-bond donors (Lipinski definition) is 1. The first-order chi connectivity index (χ1) is 13.7. The summed E-state index contributed by atoms with van der Waals surface area (Å²) >= 11 is 0. The van der Waals surface area contributed by atoms with Gasteiger partial charge in [-0.3, -0.25) is 19.6 Å². The molecule has 1 atom stereocenters. The third-order valence-corrected chi connectivity index (χ3v) is 5.10. The van der Waals surface area contributed by atoms with Gasteiger partial charge in [0, 0.05) is 17.8 Å². The van der Waals surface area contributed by atoms with Gasteiger partial charge in [0.25, 0.3) is 0 Å². The number of nitro groups is 1. The first-order valence-electron chi connectivity index (χ1n) is 9.30. The fourth-order valence-corrected chi connectivity index (χ4v) is 3.48. The molecule has 0 radical (unpaired) electrons. The van der Waals surface area contributed by atoms with Crippen molar-refractivity contribution in [1.29, 1.82) is 0 Å². The van der Waals surface area contributed by atoms with E-state index in [9.17, 15) is 14.9 Å². The molecule has 1 aromatic carbocycles. The van der Waals surface area contributed by atoms with Crippen LogP contribution in [0.25, 0.3) is 5.69 Å². The van der Waals surface area contributed by atoms with E-state index in [0.717, 1.165) is 22.6 Å². The normalized spacial score (nSPS) is 12.0. The standard InChI is InChI=1S/C20H24N6O3/c1-12-18(14(3)25(22-12)17-9-7-6-8-10-17)11-21-20(27)16(5)24-15(4)19(26(28)29)13(2)23-24/h6-10,16H,11H2,1-5H3,(H,21,27). The predicted molar refractivity (Wildman–Crippen MR) is 108 cm³/mol. The number of amides is 1. The van der Waals surface area contributed by atoms with E-state index in [4.69, 9.17) is 0 Å². The van der Waals surface area contributed by atoms with Crippen LogP contribution in [-0.2, 0) is 11.3 Å². The van der Waals surface area contributed by atoms with E-state index in [1.807, 2.05) is 48.9 Å². The highest BCUT2D eigenvalue weighted by atomic mass is 16.6. The molecule has 9 heteroatoms. The molecule has 0 aliphatic carbocycles. The molecule has 3 rings (SSSR count). The van der Waals surface area contributed by atoms with Crippen molar-refractivity contribution in [2.45, 2.75) is 47.2 Å². The lowest BCUT2D eigenvalue weighted by atomic mass is 10.2. The van der Waals surface area contributed by atoms with Crippen molar-refractivity contribution in [1.82, 2.24) is 24.9 Å². The van der Waals surface area contributed by atoms with Crippen LogP contribution < -0.4 is 5.32 Å². The third kappa shape index (κ3) is 3.75. The lowest BCUT2D eigenvalue weighted by Crippen LogP contribution is -2.32. The molecule has 3 aromatic rings. The maximum Gasteiger partial charge on any atom is 0.312 e. The van der Waals surface area contributed by atoms with E-state index in [0.29, 0.717) is 17.9 Å². The minimum absolute atomic E-state index is 0.0551. The molecule has 0 bridgehead atoms. The van der Waals surface area contributed by atoms with E-state index in [-0.39, 0.29) is 11.6 Å². The van der Waals surface area contributed by atoms with Gasteiger partial charge in [-0.25, -0.2) is 4.68 Å². The van der Waals surface area contributed by atoms with Gasteiger partial charge in [0.15, 0.2) is 0 Å². The number of carbonyl (C=O) groups is 1. The molecule has 0 aliphatic heterocycles. The number of aryl methyl sites for hydroxylation is 2. The Bertz CT molecular complexity index is 1070. The van der Waals surface area contributed by atoms with Gasteiger partial charge in [0.1, 0.15) is 17.4 Å². The minimum atomic E-state index is -0.674. The van der Waals surface area contributed by atoms with Gasteiger partial charge in [-0.05, 0) is 46.8 Å². The summed E-state index contributed by atoms with van der Waals surface area (Å²) in [4.78, 5) is 23.4. The Labute approximate surface area is 168 Å². The molecule has 1 amide bonds. The van der Waals surface area contributed by atoms with Crippen molar-refractivity contribution in [2.75, 3.05) is 0 Å². The summed E-state index contributed by atoms with van der Waals surface area (Å²) in [6, 6.07) is 9.11. The largest absolute Gasteiger partial charge is 0.350 e. The number of nitrogens with zero attached hydrogens (tertiary/aromatic N) is 5. The zero-order valence-corrected chi connectivity index (χ0v) is 17.1. The average molecular weight is 396 g/mol. The monoisotopic (exact) mass is 396 g/mol. The second-order valence-electron chi connectivity index (χ2n) is 7.01. The number of carbonyl (C=O) groups excluding carboxylic acids is 1. The summed E-state index contributed by atoms with van der Waals surface area (Å²) < 4.78 is 3.25. The molecule has 0 aliphatic rings. The third-order valence-electron chi connectivity index (χ3n) is 5.10. The zero-order valence-electron chi connectivity index (χ0n) is 17.1. The molecule has 1 N–H and O–H groups in total. The maximum atomic E-state index is 12.7. The van der Waals surface area contributed by atoms with Crippen LogP contribution in [0.3, 0.4) is 0 Å². The first-order valence-corrected chi connectivity index (χ1v) is 9.30. The topological polar surface area (TPSA) is 108 Å². The molecule has 0 saturated carbocycles. The molecule has 2 heterocycles. The Hall–Kier alpha value is -3.49. The Morgan fingerprint density at radius 2 is 1.76 bits per heavy atom. The molecule has 9 nitrogen and oxygen atoms in total. The van der Waals surface area contributed by atoms with Gasteiger partial charge in [0.2, 0.25) is 5.91 Å². The molecule has 29 heavy (non-hydrogen) atoms. The number of aromatic nitrogens is 4. The summed E-state index contributed by atoms with van der Waals surface area (Å²) in [6.07, 6.45) is 0. The number of benzene rings is 1. The van der Waals surface area contributed by atoms with Crippen LogP contribution in [-0.4, -0.2) is 30.4 Å². The van der Waals surface area contributed by atoms with Crippen molar-refractivity contribution < 1.29 is 9.72 Å². The van der Waals surface area contributed by atoms with E-state index >= 15 is 0 Å². The average Bonchev–Trinajstić information content (AvgIpc) is 3.15. The number of para-hydroxylation sites is 1. The first kappa shape index (κ1) is 20.2. The second-order valence-corrected chi connectivity index (χ2v) is 7.01. The molecule has 152 valence electrons. The maximum absolute atomic E-state index is 12.7. The fraction of sp³-hybridized carbons (Fsp3) is 0.350. The lowest BCUT2D eigenvalue weighted by molar-refractivity contribution is -0.386. The molecule has 0 spiro atoms. The molecule has 0 saturated heterocycles. The van der Waals surface area contributed by atoms with Gasteiger partial charge in [0.05, 0.1) is 16.3 Å². The zero-order chi connectivity index (χ0) is 21.3. The van der Waals surface area contributed by atoms with E-state index in [1.165, 1.54) is 4.68 Å². The Kier molecular flexibility index (Phi) is 5.49. The number of nitrogens with one attached hydrogen (secondary N) is 1.